The van der Waals surface area contributed by atoms with E-state index >= 15 is 0 Å². The Balaban J connectivity index is 1.55. The van der Waals surface area contributed by atoms with Gasteiger partial charge in [0.2, 0.25) is 0 Å². The average Bonchev–Trinajstić information content (AvgIpc) is 2.64. The van der Waals surface area contributed by atoms with Gasteiger partial charge in [0.1, 0.15) is 0 Å². The molecule has 1 aliphatic heterocycles. The van der Waals surface area contributed by atoms with Crippen molar-refractivity contribution in [1.29, 1.82) is 0 Å². The number of anilines is 2. The summed E-state index contributed by atoms with van der Waals surface area (Å²) >= 11 is 17.7. The molecule has 1 saturated heterocycles. The van der Waals surface area contributed by atoms with E-state index in [1.54, 1.807) is 0 Å². The minimum Gasteiger partial charge on any atom is -0.368 e. The first-order valence-electron chi connectivity index (χ1n) is 8.80. The van der Waals surface area contributed by atoms with Crippen molar-refractivity contribution in [3.63, 3.8) is 0 Å². The molecule has 0 spiro atoms. The van der Waals surface area contributed by atoms with Gasteiger partial charge in [-0.2, -0.15) is 0 Å². The first-order valence-corrected chi connectivity index (χ1v) is 9.96. The van der Waals surface area contributed by atoms with E-state index in [4.69, 9.17) is 35.4 Å². The average molecular weight is 408 g/mol. The fourth-order valence-corrected chi connectivity index (χ4v) is 3.60. The number of benzene rings is 2. The fraction of sp³-hybridized carbons (Fsp3) is 0.350. The third kappa shape index (κ3) is 4.61. The van der Waals surface area contributed by atoms with E-state index in [0.717, 1.165) is 42.7 Å². The van der Waals surface area contributed by atoms with Crippen LogP contribution >= 0.6 is 35.4 Å². The molecule has 1 fully saturated rings. The number of nitrogens with zero attached hydrogens (tertiary/aromatic N) is 2. The Morgan fingerprint density at radius 3 is 2.19 bits per heavy atom. The molecule has 1 N–H and O–H groups in total. The summed E-state index contributed by atoms with van der Waals surface area (Å²) in [5, 5.41) is 5.30. The fourth-order valence-electron chi connectivity index (χ4n) is 3.00. The number of nitrogens with one attached hydrogen (secondary N) is 1. The van der Waals surface area contributed by atoms with Crippen LogP contribution in [0.4, 0.5) is 11.4 Å². The number of hydrogen-bond donors (Lipinski definition) is 1. The maximum Gasteiger partial charge on any atom is 0.173 e. The Hall–Kier alpha value is -1.49. The monoisotopic (exact) mass is 407 g/mol. The molecule has 3 nitrogen and oxygen atoms in total. The molecular formula is C20H23Cl2N3S. The third-order valence-corrected chi connectivity index (χ3v) is 5.76. The quantitative estimate of drug-likeness (QED) is 0.663. The molecule has 0 bridgehead atoms. The van der Waals surface area contributed by atoms with E-state index in [1.807, 2.05) is 18.2 Å². The van der Waals surface area contributed by atoms with Gasteiger partial charge in [-0.25, -0.2) is 0 Å². The molecule has 138 valence electrons. The van der Waals surface area contributed by atoms with Crippen molar-refractivity contribution in [1.82, 2.24) is 4.90 Å². The van der Waals surface area contributed by atoms with Crippen LogP contribution in [-0.2, 0) is 0 Å². The minimum absolute atomic E-state index is 0.533. The highest BCUT2D eigenvalue weighted by atomic mass is 35.5. The summed E-state index contributed by atoms with van der Waals surface area (Å²) < 4.78 is 0. The molecule has 26 heavy (non-hydrogen) atoms. The van der Waals surface area contributed by atoms with Crippen molar-refractivity contribution in [3.05, 3.63) is 58.1 Å². The van der Waals surface area contributed by atoms with Crippen LogP contribution in [0.1, 0.15) is 25.3 Å². The highest BCUT2D eigenvalue weighted by molar-refractivity contribution is 7.80. The smallest absolute Gasteiger partial charge is 0.173 e. The largest absolute Gasteiger partial charge is 0.368 e. The molecule has 0 radical (unpaired) electrons. The minimum atomic E-state index is 0.533. The van der Waals surface area contributed by atoms with E-state index in [0.29, 0.717) is 16.0 Å². The Bertz CT molecular complexity index is 769. The van der Waals surface area contributed by atoms with Crippen LogP contribution in [0.2, 0.25) is 10.0 Å². The topological polar surface area (TPSA) is 18.5 Å². The van der Waals surface area contributed by atoms with Crippen LogP contribution in [0.5, 0.6) is 0 Å². The van der Waals surface area contributed by atoms with Crippen LogP contribution in [0.3, 0.4) is 0 Å². The Kier molecular flexibility index (Phi) is 6.28. The molecule has 2 aromatic carbocycles. The number of piperazine rings is 1. The molecular weight excluding hydrogens is 385 g/mol. The third-order valence-electron chi connectivity index (χ3n) is 4.66. The summed E-state index contributed by atoms with van der Waals surface area (Å²) in [6.45, 7) is 7.92. The number of hydrogen-bond acceptors (Lipinski definition) is 2. The highest BCUT2D eigenvalue weighted by Gasteiger charge is 2.19. The standard InChI is InChI=1S/C20H23Cl2N3S/c1-14(2)15-3-5-16(6-4-15)23-20(26)25-11-9-24(10-12-25)17-7-8-18(21)19(22)13-17/h3-8,13-14H,9-12H2,1-2H3,(H,23,26). The predicted molar refractivity (Wildman–Crippen MR) is 117 cm³/mol. The lowest BCUT2D eigenvalue weighted by Gasteiger charge is -2.37. The first kappa shape index (κ1) is 19.3. The van der Waals surface area contributed by atoms with E-state index in [9.17, 15) is 0 Å². The second kappa shape index (κ2) is 8.47. The van der Waals surface area contributed by atoms with Gasteiger partial charge >= 0.3 is 0 Å². The van der Waals surface area contributed by atoms with Crippen molar-refractivity contribution in [2.24, 2.45) is 0 Å². The van der Waals surface area contributed by atoms with Crippen LogP contribution in [0.15, 0.2) is 42.5 Å². The molecule has 1 heterocycles. The second-order valence-electron chi connectivity index (χ2n) is 6.78. The van der Waals surface area contributed by atoms with Crippen molar-refractivity contribution < 1.29 is 0 Å². The molecule has 0 amide bonds. The molecule has 0 aliphatic carbocycles. The molecule has 6 heteroatoms. The SMILES string of the molecule is CC(C)c1ccc(NC(=S)N2CCN(c3ccc(Cl)c(Cl)c3)CC2)cc1. The van der Waals surface area contributed by atoms with Gasteiger partial charge in [-0.05, 0) is 54.0 Å². The van der Waals surface area contributed by atoms with Gasteiger partial charge in [-0.1, -0.05) is 49.2 Å². The lowest BCUT2D eigenvalue weighted by Crippen LogP contribution is -2.50. The van der Waals surface area contributed by atoms with Gasteiger partial charge in [0.15, 0.2) is 5.11 Å². The molecule has 1 aliphatic rings. The summed E-state index contributed by atoms with van der Waals surface area (Å²) in [6.07, 6.45) is 0. The van der Waals surface area contributed by atoms with E-state index < -0.39 is 0 Å². The number of halogens is 2. The van der Waals surface area contributed by atoms with Crippen LogP contribution in [0, 0.1) is 0 Å². The first-order chi connectivity index (χ1) is 12.4. The Morgan fingerprint density at radius 2 is 1.62 bits per heavy atom. The van der Waals surface area contributed by atoms with E-state index in [1.165, 1.54) is 5.56 Å². The van der Waals surface area contributed by atoms with Crippen molar-refractivity contribution in [2.75, 3.05) is 36.4 Å². The van der Waals surface area contributed by atoms with Gasteiger partial charge in [-0.15, -0.1) is 0 Å². The molecule has 3 rings (SSSR count). The summed E-state index contributed by atoms with van der Waals surface area (Å²) in [5.74, 6) is 0.533. The molecule has 0 aromatic heterocycles. The Labute approximate surface area is 170 Å². The number of rotatable bonds is 3. The van der Waals surface area contributed by atoms with E-state index in [2.05, 4.69) is 53.2 Å². The van der Waals surface area contributed by atoms with Crippen LogP contribution in [0.25, 0.3) is 0 Å². The summed E-state index contributed by atoms with van der Waals surface area (Å²) in [5.41, 5.74) is 3.46. The van der Waals surface area contributed by atoms with Crippen molar-refractivity contribution >= 4 is 51.9 Å². The van der Waals surface area contributed by atoms with Gasteiger partial charge in [0, 0.05) is 37.6 Å². The summed E-state index contributed by atoms with van der Waals surface area (Å²) in [7, 11) is 0. The van der Waals surface area contributed by atoms with Crippen molar-refractivity contribution in [3.8, 4) is 0 Å². The highest BCUT2D eigenvalue weighted by Crippen LogP contribution is 2.28. The molecule has 2 aromatic rings. The number of thiocarbonyl (C=S) groups is 1. The van der Waals surface area contributed by atoms with Gasteiger partial charge in [0.25, 0.3) is 0 Å². The zero-order chi connectivity index (χ0) is 18.7. The maximum absolute atomic E-state index is 6.13. The van der Waals surface area contributed by atoms with Gasteiger partial charge in [0.05, 0.1) is 10.0 Å². The summed E-state index contributed by atoms with van der Waals surface area (Å²) in [6, 6.07) is 14.3. The van der Waals surface area contributed by atoms with Gasteiger partial charge in [-0.3, -0.25) is 0 Å². The van der Waals surface area contributed by atoms with E-state index in [-0.39, 0.29) is 0 Å². The lowest BCUT2D eigenvalue weighted by molar-refractivity contribution is 0.391. The van der Waals surface area contributed by atoms with Crippen molar-refractivity contribution in [2.45, 2.75) is 19.8 Å². The predicted octanol–water partition coefficient (Wildman–Crippen LogP) is 5.64. The van der Waals surface area contributed by atoms with Crippen LogP contribution < -0.4 is 10.2 Å². The lowest BCUT2D eigenvalue weighted by atomic mass is 10.0. The molecule has 0 unspecified atom stereocenters. The molecule has 0 saturated carbocycles. The van der Waals surface area contributed by atoms with Crippen LogP contribution in [-0.4, -0.2) is 36.2 Å². The zero-order valence-corrected chi connectivity index (χ0v) is 17.3. The second-order valence-corrected chi connectivity index (χ2v) is 7.98. The normalized spacial score (nSPS) is 14.7. The van der Waals surface area contributed by atoms with Gasteiger partial charge < -0.3 is 15.1 Å². The molecule has 0 atom stereocenters. The zero-order valence-electron chi connectivity index (χ0n) is 15.0. The Morgan fingerprint density at radius 1 is 0.962 bits per heavy atom. The maximum atomic E-state index is 6.13. The summed E-state index contributed by atoms with van der Waals surface area (Å²) in [4.78, 5) is 4.51.